The van der Waals surface area contributed by atoms with Gasteiger partial charge in [-0.15, -0.1) is 0 Å². The highest BCUT2D eigenvalue weighted by Crippen LogP contribution is 2.29. The molecule has 0 aliphatic carbocycles. The normalized spacial score (nSPS) is 25.1. The molecule has 0 spiro atoms. The quantitative estimate of drug-likeness (QED) is 0.851. The SMILES string of the molecule is CC1(C)CC(NCC2CCN(Cc3ccccc3)CC2)CC(C)(C)N1. The van der Waals surface area contributed by atoms with E-state index in [-0.39, 0.29) is 11.1 Å². The van der Waals surface area contributed by atoms with Crippen molar-refractivity contribution in [3.05, 3.63) is 35.9 Å². The average molecular weight is 344 g/mol. The van der Waals surface area contributed by atoms with Gasteiger partial charge in [-0.05, 0) is 84.5 Å². The van der Waals surface area contributed by atoms with Crippen LogP contribution < -0.4 is 10.6 Å². The van der Waals surface area contributed by atoms with Gasteiger partial charge in [-0.25, -0.2) is 0 Å². The largest absolute Gasteiger partial charge is 0.314 e. The van der Waals surface area contributed by atoms with Crippen molar-refractivity contribution < 1.29 is 0 Å². The lowest BCUT2D eigenvalue weighted by Gasteiger charge is -2.47. The molecular formula is C22H37N3. The zero-order valence-electron chi connectivity index (χ0n) is 16.6. The minimum absolute atomic E-state index is 0.235. The van der Waals surface area contributed by atoms with Gasteiger partial charge < -0.3 is 10.6 Å². The summed E-state index contributed by atoms with van der Waals surface area (Å²) in [6.07, 6.45) is 5.11. The summed E-state index contributed by atoms with van der Waals surface area (Å²) in [5, 5.41) is 7.69. The summed E-state index contributed by atoms with van der Waals surface area (Å²) in [5.74, 6) is 0.841. The molecule has 2 fully saturated rings. The predicted molar refractivity (Wildman–Crippen MR) is 107 cm³/mol. The van der Waals surface area contributed by atoms with E-state index in [1.807, 2.05) is 0 Å². The molecule has 2 saturated heterocycles. The summed E-state index contributed by atoms with van der Waals surface area (Å²) in [5.41, 5.74) is 1.91. The molecule has 0 aromatic heterocycles. The molecule has 3 rings (SSSR count). The van der Waals surface area contributed by atoms with Crippen molar-refractivity contribution in [1.82, 2.24) is 15.5 Å². The smallest absolute Gasteiger partial charge is 0.0233 e. The molecule has 0 atom stereocenters. The fourth-order valence-electron chi connectivity index (χ4n) is 4.99. The Labute approximate surface area is 154 Å². The van der Waals surface area contributed by atoms with Gasteiger partial charge in [-0.2, -0.15) is 0 Å². The van der Waals surface area contributed by atoms with Crippen molar-refractivity contribution in [2.24, 2.45) is 5.92 Å². The Bertz CT molecular complexity index is 513. The molecule has 25 heavy (non-hydrogen) atoms. The topological polar surface area (TPSA) is 27.3 Å². The summed E-state index contributed by atoms with van der Waals surface area (Å²) in [6, 6.07) is 11.5. The van der Waals surface area contributed by atoms with E-state index in [9.17, 15) is 0 Å². The number of benzene rings is 1. The Kier molecular flexibility index (Phi) is 5.87. The number of rotatable bonds is 5. The number of hydrogen-bond donors (Lipinski definition) is 2. The van der Waals surface area contributed by atoms with E-state index in [4.69, 9.17) is 0 Å². The van der Waals surface area contributed by atoms with E-state index in [1.165, 1.54) is 50.9 Å². The maximum absolute atomic E-state index is 3.91. The summed E-state index contributed by atoms with van der Waals surface area (Å²) >= 11 is 0. The lowest BCUT2D eigenvalue weighted by molar-refractivity contribution is 0.133. The van der Waals surface area contributed by atoms with E-state index in [1.54, 1.807) is 0 Å². The molecule has 2 heterocycles. The minimum atomic E-state index is 0.235. The van der Waals surface area contributed by atoms with Gasteiger partial charge in [0.05, 0.1) is 0 Å². The van der Waals surface area contributed by atoms with Crippen LogP contribution in [0.4, 0.5) is 0 Å². The average Bonchev–Trinajstić information content (AvgIpc) is 2.52. The van der Waals surface area contributed by atoms with Crippen LogP contribution >= 0.6 is 0 Å². The van der Waals surface area contributed by atoms with Crippen molar-refractivity contribution in [1.29, 1.82) is 0 Å². The Morgan fingerprint density at radius 2 is 1.60 bits per heavy atom. The van der Waals surface area contributed by atoms with Gasteiger partial charge in [0, 0.05) is 23.7 Å². The molecule has 0 amide bonds. The van der Waals surface area contributed by atoms with Crippen LogP contribution in [0.25, 0.3) is 0 Å². The second kappa shape index (κ2) is 7.77. The van der Waals surface area contributed by atoms with E-state index < -0.39 is 0 Å². The van der Waals surface area contributed by atoms with Crippen LogP contribution in [0.1, 0.15) is 58.9 Å². The summed E-state index contributed by atoms with van der Waals surface area (Å²) in [4.78, 5) is 2.61. The van der Waals surface area contributed by atoms with E-state index in [2.05, 4.69) is 73.6 Å². The first kappa shape index (κ1) is 18.9. The molecule has 0 bridgehead atoms. The molecule has 140 valence electrons. The zero-order valence-corrected chi connectivity index (χ0v) is 16.6. The van der Waals surface area contributed by atoms with Crippen LogP contribution in [-0.2, 0) is 6.54 Å². The van der Waals surface area contributed by atoms with Gasteiger partial charge in [0.15, 0.2) is 0 Å². The highest BCUT2D eigenvalue weighted by Gasteiger charge is 2.37. The Morgan fingerprint density at radius 1 is 1.00 bits per heavy atom. The van der Waals surface area contributed by atoms with Gasteiger partial charge >= 0.3 is 0 Å². The van der Waals surface area contributed by atoms with E-state index in [0.29, 0.717) is 6.04 Å². The van der Waals surface area contributed by atoms with Gasteiger partial charge in [-0.1, -0.05) is 30.3 Å². The molecule has 3 nitrogen and oxygen atoms in total. The maximum Gasteiger partial charge on any atom is 0.0233 e. The van der Waals surface area contributed by atoms with Crippen LogP contribution in [0.5, 0.6) is 0 Å². The van der Waals surface area contributed by atoms with Crippen LogP contribution in [-0.4, -0.2) is 41.7 Å². The lowest BCUT2D eigenvalue weighted by atomic mass is 9.79. The van der Waals surface area contributed by atoms with E-state index >= 15 is 0 Å². The minimum Gasteiger partial charge on any atom is -0.314 e. The van der Waals surface area contributed by atoms with Crippen molar-refractivity contribution in [3.63, 3.8) is 0 Å². The lowest BCUT2D eigenvalue weighted by Crippen LogP contribution is -2.62. The van der Waals surface area contributed by atoms with Gasteiger partial charge in [-0.3, -0.25) is 4.90 Å². The third-order valence-electron chi connectivity index (χ3n) is 5.84. The molecule has 0 saturated carbocycles. The monoisotopic (exact) mass is 343 g/mol. The summed E-state index contributed by atoms with van der Waals surface area (Å²) in [6.45, 7) is 14.1. The molecule has 3 heteroatoms. The Balaban J connectivity index is 1.40. The molecule has 1 aromatic carbocycles. The van der Waals surface area contributed by atoms with Crippen molar-refractivity contribution in [2.45, 2.75) is 77.0 Å². The third-order valence-corrected chi connectivity index (χ3v) is 5.84. The maximum atomic E-state index is 3.91. The molecule has 2 aliphatic rings. The van der Waals surface area contributed by atoms with Crippen LogP contribution in [0.2, 0.25) is 0 Å². The summed E-state index contributed by atoms with van der Waals surface area (Å²) < 4.78 is 0. The second-order valence-electron chi connectivity index (χ2n) is 9.61. The number of nitrogens with zero attached hydrogens (tertiary/aromatic N) is 1. The molecular weight excluding hydrogens is 306 g/mol. The second-order valence-corrected chi connectivity index (χ2v) is 9.61. The van der Waals surface area contributed by atoms with Crippen molar-refractivity contribution >= 4 is 0 Å². The fraction of sp³-hybridized carbons (Fsp3) is 0.727. The van der Waals surface area contributed by atoms with Gasteiger partial charge in [0.25, 0.3) is 0 Å². The standard InChI is InChI=1S/C22H37N3/c1-21(2)14-20(15-22(3,4)24-21)23-16-18-10-12-25(13-11-18)17-19-8-6-5-7-9-19/h5-9,18,20,23-24H,10-17H2,1-4H3. The third kappa shape index (κ3) is 5.80. The van der Waals surface area contributed by atoms with E-state index in [0.717, 1.165) is 12.5 Å². The number of likely N-dealkylation sites (tertiary alicyclic amines) is 1. The highest BCUT2D eigenvalue weighted by molar-refractivity contribution is 5.14. The highest BCUT2D eigenvalue weighted by atomic mass is 15.1. The Morgan fingerprint density at radius 3 is 2.20 bits per heavy atom. The van der Waals surface area contributed by atoms with Crippen molar-refractivity contribution in [2.75, 3.05) is 19.6 Å². The van der Waals surface area contributed by atoms with Crippen molar-refractivity contribution in [3.8, 4) is 0 Å². The number of piperidine rings is 2. The number of hydrogen-bond acceptors (Lipinski definition) is 3. The molecule has 0 unspecified atom stereocenters. The van der Waals surface area contributed by atoms with Crippen LogP contribution in [0.3, 0.4) is 0 Å². The first-order valence-electron chi connectivity index (χ1n) is 10.1. The Hall–Kier alpha value is -0.900. The number of nitrogens with one attached hydrogen (secondary N) is 2. The summed E-state index contributed by atoms with van der Waals surface area (Å²) in [7, 11) is 0. The molecule has 1 aromatic rings. The first-order chi connectivity index (χ1) is 11.8. The van der Waals surface area contributed by atoms with Crippen LogP contribution in [0, 0.1) is 5.92 Å². The zero-order chi connectivity index (χ0) is 17.9. The fourth-order valence-corrected chi connectivity index (χ4v) is 4.99. The van der Waals surface area contributed by atoms with Gasteiger partial charge in [0.1, 0.15) is 0 Å². The predicted octanol–water partition coefficient (Wildman–Crippen LogP) is 3.80. The molecule has 2 N–H and O–H groups in total. The van der Waals surface area contributed by atoms with Gasteiger partial charge in [0.2, 0.25) is 0 Å². The van der Waals surface area contributed by atoms with Crippen LogP contribution in [0.15, 0.2) is 30.3 Å². The molecule has 0 radical (unpaired) electrons. The first-order valence-corrected chi connectivity index (χ1v) is 10.1. The molecule has 2 aliphatic heterocycles.